The number of piperazine rings is 1. The summed E-state index contributed by atoms with van der Waals surface area (Å²) in [6, 6.07) is 0. The minimum Gasteiger partial charge on any atom is -0.394 e. The molecule has 81 heavy (non-hydrogen) atoms. The van der Waals surface area contributed by atoms with Gasteiger partial charge in [0.15, 0.2) is 0 Å². The number of benzene rings is 1. The zero-order chi connectivity index (χ0) is 63.7. The number of aliphatic hydroxyl groups excluding tert-OH is 10. The smallest absolute Gasteiger partial charge is 0.394 e. The summed E-state index contributed by atoms with van der Waals surface area (Å²) >= 11 is 4.45. The van der Waals surface area contributed by atoms with Crippen molar-refractivity contribution in [2.45, 2.75) is 95.8 Å². The van der Waals surface area contributed by atoms with Gasteiger partial charge in [-0.15, -0.1) is 0 Å². The number of alkyl halides is 17. The quantitative estimate of drug-likeness (QED) is 0.0405. The van der Waals surface area contributed by atoms with E-state index in [-0.39, 0.29) is 10.7 Å². The zero-order valence-corrected chi connectivity index (χ0v) is 47.6. The van der Waals surface area contributed by atoms with E-state index in [0.717, 1.165) is 14.1 Å². The van der Waals surface area contributed by atoms with Gasteiger partial charge < -0.3 is 75.8 Å². The van der Waals surface area contributed by atoms with Crippen molar-refractivity contribution in [3.05, 3.63) is 21.8 Å². The molecule has 11 N–H and O–H groups in total. The average Bonchev–Trinajstić information content (AvgIpc) is 3.57. The van der Waals surface area contributed by atoms with Crippen molar-refractivity contribution >= 4 is 107 Å². The molecule has 1 aliphatic heterocycles. The van der Waals surface area contributed by atoms with E-state index in [9.17, 15) is 143 Å². The fourth-order valence-corrected chi connectivity index (χ4v) is 12.5. The van der Waals surface area contributed by atoms with Crippen LogP contribution in [0.5, 0.6) is 0 Å². The van der Waals surface area contributed by atoms with Crippen LogP contribution in [0.25, 0.3) is 0 Å². The van der Waals surface area contributed by atoms with Gasteiger partial charge in [0.25, 0.3) is 21.8 Å². The van der Waals surface area contributed by atoms with Crippen LogP contribution in [0, 0.1) is 10.7 Å². The van der Waals surface area contributed by atoms with Gasteiger partial charge in [0, 0.05) is 56.9 Å². The molecule has 8 unspecified atom stereocenters. The number of hydrogen-bond donors (Lipinski definition) is 11. The Bertz CT molecular complexity index is 2470. The molecule has 0 radical (unpaired) electrons. The van der Waals surface area contributed by atoms with Crippen LogP contribution in [0.3, 0.4) is 0 Å². The van der Waals surface area contributed by atoms with Crippen molar-refractivity contribution < 1.29 is 158 Å². The van der Waals surface area contributed by atoms with E-state index in [4.69, 9.17) is 14.9 Å². The fraction of sp³-hybridized carbons (Fsp3) is 0.737. The van der Waals surface area contributed by atoms with Crippen LogP contribution in [-0.4, -0.2) is 278 Å². The number of halogens is 20. The van der Waals surface area contributed by atoms with Crippen LogP contribution >= 0.6 is 67.8 Å². The lowest BCUT2D eigenvalue weighted by molar-refractivity contribution is -0.458. The highest BCUT2D eigenvalue weighted by molar-refractivity contribution is 14.1. The first kappa shape index (κ1) is 74.7. The summed E-state index contributed by atoms with van der Waals surface area (Å²) in [6.45, 7) is -12.3. The van der Waals surface area contributed by atoms with Gasteiger partial charge in [0.05, 0.1) is 37.2 Å². The number of amides is 4. The van der Waals surface area contributed by atoms with Crippen molar-refractivity contribution in [2.75, 3.05) is 85.1 Å². The summed E-state index contributed by atoms with van der Waals surface area (Å²) in [7, 11) is -5.63. The van der Waals surface area contributed by atoms with Crippen molar-refractivity contribution in [3.8, 4) is 0 Å². The van der Waals surface area contributed by atoms with Gasteiger partial charge >= 0.3 is 47.0 Å². The maximum atomic E-state index is 14.9. The summed E-state index contributed by atoms with van der Waals surface area (Å²) in [5.74, 6) is -57.7. The highest BCUT2D eigenvalue weighted by atomic mass is 127. The zero-order valence-electron chi connectivity index (χ0n) is 40.3. The van der Waals surface area contributed by atoms with Crippen LogP contribution < -0.4 is 5.32 Å². The number of anilines is 1. The third-order valence-corrected chi connectivity index (χ3v) is 16.9. The topological polar surface area (TPSA) is 339 Å². The second kappa shape index (κ2) is 27.1. The minimum absolute atomic E-state index is 0.233. The largest absolute Gasteiger partial charge is 0.460 e. The number of ether oxygens (including phenoxy) is 1. The Labute approximate surface area is 484 Å². The van der Waals surface area contributed by atoms with Crippen LogP contribution in [0.4, 0.5) is 80.3 Å². The fourth-order valence-electron chi connectivity index (χ4n) is 6.75. The average molecular weight is 1580 g/mol. The van der Waals surface area contributed by atoms with Gasteiger partial charge in [0.1, 0.15) is 62.0 Å². The lowest BCUT2D eigenvalue weighted by Gasteiger charge is -2.43. The monoisotopic (exact) mass is 1580 g/mol. The SMILES string of the molecule is CN(CC(O)C(O)C(O)C(O)CO)C(=O)c1c(I)c(NC(=O)COCC(=O)N2CCN(S(=O)(=O)C(F)(F)C(F)(F)C(F)(F)C(F)(F)C(F)(F)C(F)(F)C(F)(F)C(F)(F)F)CC2)c(I)c(C(=O)N(C)CC(O)C(O)C(O)C(O)CO)c1I. The third kappa shape index (κ3) is 14.4. The molecule has 43 heteroatoms. The summed E-state index contributed by atoms with van der Waals surface area (Å²) in [4.78, 5) is 56.1. The molecule has 2 rings (SSSR count). The number of nitrogens with zero attached hydrogens (tertiary/aromatic N) is 4. The Balaban J connectivity index is 2.42. The molecule has 1 aromatic rings. The summed E-state index contributed by atoms with van der Waals surface area (Å²) in [6.07, 6.45) is -24.8. The molecule has 0 aliphatic carbocycles. The standard InChI is InChI=1S/C38H45F17I3N5O17S/c1-60(7-13(66)25(72)27(74)15(68)9-64)29(76)19-21(56)20(30(77)61(2)8-14(67)26(73)28(75)16(69)10-65)23(58)24(22(19)57)59-17(70)11-80-12-18(71)62-3-5-63(6-4-62)81(78,79)38(54,55)36(49,50)34(45,46)32(41,42)31(39,40)33(43,44)35(47,48)37(51,52)53/h13-16,25-28,64-69,72-75H,3-12H2,1-2H3,(H,59,70). The lowest BCUT2D eigenvalue weighted by atomic mass is 9.91. The molecule has 8 atom stereocenters. The van der Waals surface area contributed by atoms with Crippen LogP contribution in [0.15, 0.2) is 0 Å². The Kier molecular flexibility index (Phi) is 25.0. The highest BCUT2D eigenvalue weighted by Crippen LogP contribution is 2.64. The first-order chi connectivity index (χ1) is 36.4. The van der Waals surface area contributed by atoms with E-state index in [0.29, 0.717) is 14.7 Å². The van der Waals surface area contributed by atoms with Gasteiger partial charge in [-0.25, -0.2) is 8.42 Å². The predicted molar refractivity (Wildman–Crippen MR) is 258 cm³/mol. The molecule has 0 aromatic heterocycles. The van der Waals surface area contributed by atoms with E-state index in [1.165, 1.54) is 67.8 Å². The molecular formula is C38H45F17I3N5O17S. The van der Waals surface area contributed by atoms with Crippen LogP contribution in [-0.2, 0) is 24.3 Å². The summed E-state index contributed by atoms with van der Waals surface area (Å²) in [5.41, 5.74) is -1.38. The molecule has 1 fully saturated rings. The Morgan fingerprint density at radius 3 is 1.22 bits per heavy atom. The van der Waals surface area contributed by atoms with E-state index in [1.54, 1.807) is 0 Å². The van der Waals surface area contributed by atoms with E-state index in [2.05, 4.69) is 5.32 Å². The molecule has 22 nitrogen and oxygen atoms in total. The predicted octanol–water partition coefficient (Wildman–Crippen LogP) is -0.0878. The van der Waals surface area contributed by atoms with Crippen molar-refractivity contribution in [2.24, 2.45) is 0 Å². The van der Waals surface area contributed by atoms with Crippen LogP contribution in [0.1, 0.15) is 20.7 Å². The second-order valence-electron chi connectivity index (χ2n) is 17.3. The van der Waals surface area contributed by atoms with Crippen molar-refractivity contribution in [1.82, 2.24) is 19.0 Å². The van der Waals surface area contributed by atoms with Gasteiger partial charge in [-0.05, 0) is 67.8 Å². The number of likely N-dealkylation sites (N-methyl/N-ethyl adjacent to an activating group) is 2. The Morgan fingerprint density at radius 1 is 0.543 bits per heavy atom. The summed E-state index contributed by atoms with van der Waals surface area (Å²) < 4.78 is 263. The molecule has 0 saturated carbocycles. The molecule has 470 valence electrons. The number of carbonyl (C=O) groups is 4. The number of rotatable bonds is 27. The van der Waals surface area contributed by atoms with Crippen molar-refractivity contribution in [3.63, 3.8) is 0 Å². The van der Waals surface area contributed by atoms with Crippen molar-refractivity contribution in [1.29, 1.82) is 0 Å². The number of hydrogen-bond acceptors (Lipinski definition) is 17. The van der Waals surface area contributed by atoms with Gasteiger partial charge in [0.2, 0.25) is 11.8 Å². The Hall–Kier alpha value is -2.43. The molecule has 1 heterocycles. The minimum atomic E-state index is -9.05. The molecule has 1 aromatic carbocycles. The van der Waals surface area contributed by atoms with Gasteiger partial charge in [-0.2, -0.15) is 78.9 Å². The normalized spacial score (nSPS) is 18.1. The van der Waals surface area contributed by atoms with Gasteiger partial charge in [-0.3, -0.25) is 19.2 Å². The van der Waals surface area contributed by atoms with E-state index < -0.39 is 216 Å². The number of nitrogens with one attached hydrogen (secondary N) is 1. The second-order valence-corrected chi connectivity index (χ2v) is 22.5. The number of aliphatic hydroxyl groups is 10. The van der Waals surface area contributed by atoms with E-state index >= 15 is 0 Å². The number of carbonyl (C=O) groups excluding carboxylic acids is 4. The summed E-state index contributed by atoms with van der Waals surface area (Å²) in [5, 5.41) is 93.8. The number of sulfonamides is 1. The Morgan fingerprint density at radius 2 is 0.877 bits per heavy atom. The molecule has 0 spiro atoms. The molecule has 4 amide bonds. The first-order valence-electron chi connectivity index (χ1n) is 21.6. The first-order valence-corrected chi connectivity index (χ1v) is 26.3. The third-order valence-electron chi connectivity index (χ3n) is 11.7. The van der Waals surface area contributed by atoms with Gasteiger partial charge in [-0.1, -0.05) is 0 Å². The molecular weight excluding hydrogens is 1530 g/mol. The van der Waals surface area contributed by atoms with E-state index in [1.807, 2.05) is 0 Å². The lowest BCUT2D eigenvalue weighted by Crippen LogP contribution is -2.75. The van der Waals surface area contributed by atoms with Crippen LogP contribution in [0.2, 0.25) is 0 Å². The highest BCUT2D eigenvalue weighted by Gasteiger charge is 2.96. The molecule has 1 saturated heterocycles. The maximum Gasteiger partial charge on any atom is 0.460 e. The molecule has 0 bridgehead atoms. The molecule has 1 aliphatic rings. The maximum absolute atomic E-state index is 14.9.